The van der Waals surface area contributed by atoms with E-state index >= 15 is 0 Å². The molecule has 0 bridgehead atoms. The van der Waals surface area contributed by atoms with Gasteiger partial charge in [0.1, 0.15) is 18.3 Å². The molecule has 0 aliphatic carbocycles. The predicted molar refractivity (Wildman–Crippen MR) is 163 cm³/mol. The van der Waals surface area contributed by atoms with E-state index in [1.807, 2.05) is 39.0 Å². The van der Waals surface area contributed by atoms with Crippen molar-refractivity contribution in [2.45, 2.75) is 71.0 Å². The van der Waals surface area contributed by atoms with Crippen LogP contribution < -0.4 is 14.4 Å². The summed E-state index contributed by atoms with van der Waals surface area (Å²) in [6.07, 6.45) is 0. The van der Waals surface area contributed by atoms with Gasteiger partial charge >= 0.3 is 0 Å². The van der Waals surface area contributed by atoms with Crippen molar-refractivity contribution >= 4 is 27.5 Å². The van der Waals surface area contributed by atoms with Gasteiger partial charge in [0.15, 0.2) is 0 Å². The van der Waals surface area contributed by atoms with Gasteiger partial charge in [-0.05, 0) is 81.1 Å². The molecule has 0 heterocycles. The SMILES string of the molecule is COc1cccc(CN(C(=O)CN(c2ccc(C(C)C)cc2)S(=O)(=O)c2ccc(C)cc2)[C@H](C)C(=O)NC(C)C)c1. The van der Waals surface area contributed by atoms with Gasteiger partial charge in [0.25, 0.3) is 10.0 Å². The fraction of sp³-hybridized carbons (Fsp3) is 0.375. The van der Waals surface area contributed by atoms with Crippen LogP contribution in [0.2, 0.25) is 0 Å². The molecule has 8 nitrogen and oxygen atoms in total. The minimum atomic E-state index is -4.12. The van der Waals surface area contributed by atoms with Crippen LogP contribution in [0.25, 0.3) is 0 Å². The van der Waals surface area contributed by atoms with E-state index in [4.69, 9.17) is 4.74 Å². The Kier molecular flexibility index (Phi) is 10.6. The maximum atomic E-state index is 14.0. The van der Waals surface area contributed by atoms with Crippen LogP contribution >= 0.6 is 0 Å². The molecular formula is C32H41N3O5S. The highest BCUT2D eigenvalue weighted by Crippen LogP contribution is 2.27. The van der Waals surface area contributed by atoms with Crippen LogP contribution in [0.3, 0.4) is 0 Å². The second-order valence-corrected chi connectivity index (χ2v) is 12.6. The molecule has 220 valence electrons. The standard InChI is InChI=1S/C32H41N3O5S/c1-22(2)27-13-15-28(16-14-27)35(41(38,39)30-17-11-24(5)12-18-30)21-31(36)34(25(6)32(37)33-23(3)4)20-26-9-8-10-29(19-26)40-7/h8-19,22-23,25H,20-21H2,1-7H3,(H,33,37)/t25-/m1/s1. The molecule has 3 rings (SSSR count). The Hall–Kier alpha value is -3.85. The predicted octanol–water partition coefficient (Wildman–Crippen LogP) is 5.26. The molecule has 0 aliphatic heterocycles. The number of amides is 2. The van der Waals surface area contributed by atoms with Gasteiger partial charge in [0.05, 0.1) is 17.7 Å². The lowest BCUT2D eigenvalue weighted by atomic mass is 10.0. The normalized spacial score (nSPS) is 12.2. The fourth-order valence-electron chi connectivity index (χ4n) is 4.35. The second kappa shape index (κ2) is 13.7. The first-order valence-electron chi connectivity index (χ1n) is 13.8. The number of carbonyl (C=O) groups excluding carboxylic acids is 2. The van der Waals surface area contributed by atoms with Crippen molar-refractivity contribution < 1.29 is 22.7 Å². The number of nitrogens with zero attached hydrogens (tertiary/aromatic N) is 2. The van der Waals surface area contributed by atoms with Crippen LogP contribution in [-0.2, 0) is 26.2 Å². The molecule has 41 heavy (non-hydrogen) atoms. The minimum Gasteiger partial charge on any atom is -0.497 e. The number of sulfonamides is 1. The first kappa shape index (κ1) is 31.7. The molecule has 0 saturated heterocycles. The van der Waals surface area contributed by atoms with Crippen molar-refractivity contribution in [2.24, 2.45) is 0 Å². The molecule has 2 amide bonds. The van der Waals surface area contributed by atoms with Crippen molar-refractivity contribution in [1.82, 2.24) is 10.2 Å². The van der Waals surface area contributed by atoms with Crippen LogP contribution in [0.5, 0.6) is 5.75 Å². The quantitative estimate of drug-likeness (QED) is 0.316. The van der Waals surface area contributed by atoms with Gasteiger partial charge in [-0.3, -0.25) is 13.9 Å². The summed E-state index contributed by atoms with van der Waals surface area (Å²) < 4.78 is 34.4. The summed E-state index contributed by atoms with van der Waals surface area (Å²) in [5.74, 6) is 0.0304. The largest absolute Gasteiger partial charge is 0.497 e. The molecule has 1 N–H and O–H groups in total. The van der Waals surface area contributed by atoms with Gasteiger partial charge < -0.3 is 15.0 Å². The average molecular weight is 580 g/mol. The zero-order chi connectivity index (χ0) is 30.3. The number of methoxy groups -OCH3 is 1. The van der Waals surface area contributed by atoms with Crippen LogP contribution in [0.15, 0.2) is 77.7 Å². The molecule has 1 atom stereocenters. The van der Waals surface area contributed by atoms with Crippen molar-refractivity contribution in [3.8, 4) is 5.75 Å². The second-order valence-electron chi connectivity index (χ2n) is 10.8. The van der Waals surface area contributed by atoms with E-state index in [0.29, 0.717) is 11.4 Å². The van der Waals surface area contributed by atoms with Crippen molar-refractivity contribution in [3.05, 3.63) is 89.5 Å². The van der Waals surface area contributed by atoms with Crippen LogP contribution in [-0.4, -0.2) is 50.9 Å². The van der Waals surface area contributed by atoms with E-state index in [2.05, 4.69) is 19.2 Å². The lowest BCUT2D eigenvalue weighted by Gasteiger charge is -2.32. The van der Waals surface area contributed by atoms with Crippen molar-refractivity contribution in [1.29, 1.82) is 0 Å². The first-order valence-corrected chi connectivity index (χ1v) is 15.2. The topological polar surface area (TPSA) is 96.0 Å². The van der Waals surface area contributed by atoms with Crippen LogP contribution in [0, 0.1) is 6.92 Å². The minimum absolute atomic E-state index is 0.0776. The summed E-state index contributed by atoms with van der Waals surface area (Å²) in [5.41, 5.74) is 3.08. The number of hydrogen-bond acceptors (Lipinski definition) is 5. The Bertz CT molecular complexity index is 1430. The zero-order valence-corrected chi connectivity index (χ0v) is 25.7. The molecule has 0 fully saturated rings. The molecule has 3 aromatic rings. The monoisotopic (exact) mass is 579 g/mol. The summed E-state index contributed by atoms with van der Waals surface area (Å²) >= 11 is 0. The number of ether oxygens (including phenoxy) is 1. The number of nitrogens with one attached hydrogen (secondary N) is 1. The van der Waals surface area contributed by atoms with E-state index in [0.717, 1.165) is 21.0 Å². The van der Waals surface area contributed by atoms with Gasteiger partial charge in [0.2, 0.25) is 11.8 Å². The lowest BCUT2D eigenvalue weighted by molar-refractivity contribution is -0.139. The molecule has 0 radical (unpaired) electrons. The third-order valence-electron chi connectivity index (χ3n) is 6.82. The highest BCUT2D eigenvalue weighted by molar-refractivity contribution is 7.92. The highest BCUT2D eigenvalue weighted by atomic mass is 32.2. The number of carbonyl (C=O) groups is 2. The number of hydrogen-bond donors (Lipinski definition) is 1. The Labute approximate surface area is 244 Å². The smallest absolute Gasteiger partial charge is 0.264 e. The van der Waals surface area contributed by atoms with E-state index < -0.39 is 28.5 Å². The molecule has 0 unspecified atom stereocenters. The van der Waals surface area contributed by atoms with Gasteiger partial charge in [-0.1, -0.05) is 55.8 Å². The summed E-state index contributed by atoms with van der Waals surface area (Å²) in [7, 11) is -2.56. The Morgan fingerprint density at radius 3 is 2.10 bits per heavy atom. The molecule has 0 aliphatic rings. The summed E-state index contributed by atoms with van der Waals surface area (Å²) in [6.45, 7) is 10.9. The molecule has 0 aromatic heterocycles. The van der Waals surface area contributed by atoms with Gasteiger partial charge in [0, 0.05) is 12.6 Å². The third-order valence-corrected chi connectivity index (χ3v) is 8.61. The van der Waals surface area contributed by atoms with Crippen LogP contribution in [0.1, 0.15) is 57.2 Å². The summed E-state index contributed by atoms with van der Waals surface area (Å²) in [6, 6.07) is 19.9. The number of anilines is 1. The Morgan fingerprint density at radius 2 is 1.54 bits per heavy atom. The number of benzene rings is 3. The molecule has 0 saturated carbocycles. The molecule has 9 heteroatoms. The Balaban J connectivity index is 2.05. The average Bonchev–Trinajstić information content (AvgIpc) is 2.94. The Morgan fingerprint density at radius 1 is 0.902 bits per heavy atom. The summed E-state index contributed by atoms with van der Waals surface area (Å²) in [4.78, 5) is 28.6. The van der Waals surface area contributed by atoms with E-state index in [1.54, 1.807) is 56.5 Å². The fourth-order valence-corrected chi connectivity index (χ4v) is 5.76. The van der Waals surface area contributed by atoms with E-state index in [1.165, 1.54) is 17.0 Å². The van der Waals surface area contributed by atoms with Gasteiger partial charge in [-0.25, -0.2) is 8.42 Å². The maximum Gasteiger partial charge on any atom is 0.264 e. The van der Waals surface area contributed by atoms with E-state index in [9.17, 15) is 18.0 Å². The molecule has 3 aromatic carbocycles. The van der Waals surface area contributed by atoms with Crippen molar-refractivity contribution in [3.63, 3.8) is 0 Å². The first-order chi connectivity index (χ1) is 19.3. The number of aryl methyl sites for hydroxylation is 1. The molecule has 0 spiro atoms. The highest BCUT2D eigenvalue weighted by Gasteiger charge is 2.32. The van der Waals surface area contributed by atoms with E-state index in [-0.39, 0.29) is 29.3 Å². The zero-order valence-electron chi connectivity index (χ0n) is 24.9. The van der Waals surface area contributed by atoms with Crippen molar-refractivity contribution in [2.75, 3.05) is 18.0 Å². The van der Waals surface area contributed by atoms with Gasteiger partial charge in [-0.2, -0.15) is 0 Å². The van der Waals surface area contributed by atoms with Crippen LogP contribution in [0.4, 0.5) is 5.69 Å². The third kappa shape index (κ3) is 8.10. The van der Waals surface area contributed by atoms with Gasteiger partial charge in [-0.15, -0.1) is 0 Å². The lowest BCUT2D eigenvalue weighted by Crippen LogP contribution is -2.52. The maximum absolute atomic E-state index is 14.0. The summed E-state index contributed by atoms with van der Waals surface area (Å²) in [5, 5.41) is 2.86. The number of rotatable bonds is 12. The molecular weight excluding hydrogens is 538 g/mol.